The predicted octanol–water partition coefficient (Wildman–Crippen LogP) is 9.31. The Morgan fingerprint density at radius 3 is 1.47 bits per heavy atom. The van der Waals surface area contributed by atoms with Gasteiger partial charge in [0.25, 0.3) is 0 Å². The Morgan fingerprint density at radius 1 is 0.629 bits per heavy atom. The Labute approximate surface area is 377 Å². The van der Waals surface area contributed by atoms with Crippen LogP contribution in [0.4, 0.5) is 0 Å². The second-order valence-electron chi connectivity index (χ2n) is 17.9. The molecule has 0 radical (unpaired) electrons. The first-order chi connectivity index (χ1) is 29.9. The Bertz CT molecular complexity index is 1180. The third-order valence-corrected chi connectivity index (χ3v) is 12.6. The molecule has 0 aromatic heterocycles. The van der Waals surface area contributed by atoms with E-state index < -0.39 is 78.5 Å². The minimum atomic E-state index is -5.10. The van der Waals surface area contributed by atoms with Gasteiger partial charge < -0.3 is 40.3 Å². The van der Waals surface area contributed by atoms with Crippen LogP contribution in [0, 0.1) is 0 Å². The summed E-state index contributed by atoms with van der Waals surface area (Å²) in [6.07, 6.45) is 32.8. The second-order valence-corrected chi connectivity index (χ2v) is 18.9. The van der Waals surface area contributed by atoms with Crippen LogP contribution in [0.15, 0.2) is 12.2 Å². The molecular weight excluding hydrogens is 815 g/mol. The highest BCUT2D eigenvalue weighted by Gasteiger charge is 2.48. The summed E-state index contributed by atoms with van der Waals surface area (Å²) in [5.41, 5.74) is 0. The molecule has 0 spiro atoms. The Hall–Kier alpha value is -1.20. The number of carbonyl (C=O) groups excluding carboxylic acids is 1. The van der Waals surface area contributed by atoms with Gasteiger partial charge in [-0.1, -0.05) is 199 Å². The molecule has 0 saturated carbocycles. The molecule has 7 N–H and O–H groups in total. The fraction of sp³-hybridized carbons (Fsp3) is 0.938. The van der Waals surface area contributed by atoms with E-state index in [4.69, 9.17) is 14.0 Å². The van der Waals surface area contributed by atoms with Gasteiger partial charge in [0.15, 0.2) is 6.29 Å². The maximum atomic E-state index is 13.0. The smallest absolute Gasteiger partial charge is 0.394 e. The third kappa shape index (κ3) is 30.8. The number of hydrogen-bond donors (Lipinski definition) is 7. The van der Waals surface area contributed by atoms with E-state index >= 15 is 0 Å². The zero-order chi connectivity index (χ0) is 45.7. The molecule has 8 unspecified atom stereocenters. The highest BCUT2D eigenvalue weighted by Crippen LogP contribution is 2.26. The van der Waals surface area contributed by atoms with Gasteiger partial charge in [-0.15, -0.1) is 0 Å². The van der Waals surface area contributed by atoms with Crippen LogP contribution in [0.3, 0.4) is 0 Å². The summed E-state index contributed by atoms with van der Waals surface area (Å²) in [6.45, 7) is 3.08. The van der Waals surface area contributed by atoms with Crippen molar-refractivity contribution in [2.45, 2.75) is 275 Å². The van der Waals surface area contributed by atoms with Crippen LogP contribution in [-0.4, -0.2) is 107 Å². The number of allylic oxidation sites excluding steroid dienone is 2. The molecule has 1 rings (SSSR count). The van der Waals surface area contributed by atoms with Crippen molar-refractivity contribution in [2.75, 3.05) is 13.2 Å². The number of carbonyl (C=O) groups is 1. The number of amides is 1. The van der Waals surface area contributed by atoms with Gasteiger partial charge in [0.05, 0.1) is 25.4 Å². The summed E-state index contributed by atoms with van der Waals surface area (Å²) in [5.74, 6) is -0.679. The van der Waals surface area contributed by atoms with Gasteiger partial charge in [-0.3, -0.25) is 9.35 Å². The van der Waals surface area contributed by atoms with Crippen LogP contribution in [0.5, 0.6) is 0 Å². The molecule has 1 fully saturated rings. The van der Waals surface area contributed by atoms with Crippen molar-refractivity contribution >= 4 is 16.3 Å². The lowest BCUT2D eigenvalue weighted by atomic mass is 9.99. The van der Waals surface area contributed by atoms with E-state index in [2.05, 4.69) is 28.6 Å². The van der Waals surface area contributed by atoms with Gasteiger partial charge in [-0.25, -0.2) is 4.18 Å². The molecule has 1 saturated heterocycles. The maximum Gasteiger partial charge on any atom is 0.397 e. The fourth-order valence-corrected chi connectivity index (χ4v) is 8.68. The average Bonchev–Trinajstić information content (AvgIpc) is 3.24. The lowest BCUT2D eigenvalue weighted by Gasteiger charge is -2.41. The van der Waals surface area contributed by atoms with Crippen LogP contribution < -0.4 is 5.32 Å². The average molecular weight is 908 g/mol. The standard InChI is InChI=1S/C48H93NO12S/c1-3-5-7-8-9-10-11-12-13-14-15-16-17-18-19-20-21-22-23-24-25-26-27-28-29-30-31-32-33-35-37-42(52)47(55)49-40(41(51)36-34-6-4-2)39-59-48-45(54)46(61-62(56,57)58)44(53)43(38-50)60-48/h18-19,40-46,48,50-54H,3-17,20-39H2,1-2H3,(H,49,55)(H,56,57,58)/b19-18-. The van der Waals surface area contributed by atoms with Gasteiger partial charge >= 0.3 is 10.4 Å². The van der Waals surface area contributed by atoms with Crippen molar-refractivity contribution < 1.29 is 57.0 Å². The summed E-state index contributed by atoms with van der Waals surface area (Å²) in [4.78, 5) is 13.0. The zero-order valence-electron chi connectivity index (χ0n) is 39.1. The first-order valence-corrected chi connectivity index (χ1v) is 26.5. The SMILES string of the molecule is CCCCCCCCCCCCCC/C=C\CCCCCCCCCCCCCCCCC(O)C(=O)NC(COC1OC(CO)C(O)C(OS(=O)(=O)O)C1O)C(O)CCCCC. The predicted molar refractivity (Wildman–Crippen MR) is 247 cm³/mol. The first-order valence-electron chi connectivity index (χ1n) is 25.2. The number of ether oxygens (including phenoxy) is 2. The van der Waals surface area contributed by atoms with E-state index in [9.17, 15) is 38.7 Å². The van der Waals surface area contributed by atoms with E-state index in [0.717, 1.165) is 32.1 Å². The van der Waals surface area contributed by atoms with Crippen molar-refractivity contribution in [2.24, 2.45) is 0 Å². The molecule has 8 atom stereocenters. The van der Waals surface area contributed by atoms with E-state index in [0.29, 0.717) is 19.3 Å². The quantitative estimate of drug-likeness (QED) is 0.0173. The molecule has 62 heavy (non-hydrogen) atoms. The van der Waals surface area contributed by atoms with Crippen LogP contribution in [-0.2, 0) is 28.9 Å². The molecular formula is C48H93NO12S. The third-order valence-electron chi connectivity index (χ3n) is 12.2. The zero-order valence-corrected chi connectivity index (χ0v) is 39.9. The number of rotatable bonds is 43. The van der Waals surface area contributed by atoms with Crippen LogP contribution >= 0.6 is 0 Å². The molecule has 368 valence electrons. The summed E-state index contributed by atoms with van der Waals surface area (Å²) >= 11 is 0. The Balaban J connectivity index is 2.13. The molecule has 1 aliphatic heterocycles. The molecule has 1 amide bonds. The Morgan fingerprint density at radius 2 is 1.03 bits per heavy atom. The normalized spacial score (nSPS) is 21.1. The minimum Gasteiger partial charge on any atom is -0.394 e. The van der Waals surface area contributed by atoms with E-state index in [1.807, 2.05) is 6.92 Å². The molecule has 13 nitrogen and oxygen atoms in total. The van der Waals surface area contributed by atoms with Gasteiger partial charge in [-0.05, 0) is 38.5 Å². The van der Waals surface area contributed by atoms with Crippen molar-refractivity contribution in [3.05, 3.63) is 12.2 Å². The molecule has 14 heteroatoms. The lowest BCUT2D eigenvalue weighted by molar-refractivity contribution is -0.298. The molecule has 1 aliphatic rings. The van der Waals surface area contributed by atoms with Crippen molar-refractivity contribution in [1.82, 2.24) is 5.32 Å². The summed E-state index contributed by atoms with van der Waals surface area (Å²) in [6, 6.07) is -1.03. The van der Waals surface area contributed by atoms with Crippen molar-refractivity contribution in [3.8, 4) is 0 Å². The monoisotopic (exact) mass is 908 g/mol. The van der Waals surface area contributed by atoms with Crippen molar-refractivity contribution in [1.29, 1.82) is 0 Å². The van der Waals surface area contributed by atoms with E-state index in [1.165, 1.54) is 154 Å². The highest BCUT2D eigenvalue weighted by atomic mass is 32.3. The van der Waals surface area contributed by atoms with Crippen LogP contribution in [0.25, 0.3) is 0 Å². The molecule has 0 aromatic carbocycles. The van der Waals surface area contributed by atoms with Crippen LogP contribution in [0.1, 0.15) is 226 Å². The summed E-state index contributed by atoms with van der Waals surface area (Å²) in [5, 5.41) is 54.6. The molecule has 0 bridgehead atoms. The topological polar surface area (TPSA) is 212 Å². The fourth-order valence-electron chi connectivity index (χ4n) is 8.17. The molecule has 0 aromatic rings. The van der Waals surface area contributed by atoms with Crippen molar-refractivity contribution in [3.63, 3.8) is 0 Å². The van der Waals surface area contributed by atoms with Gasteiger partial charge in [0.2, 0.25) is 5.91 Å². The summed E-state index contributed by atoms with van der Waals surface area (Å²) < 4.78 is 47.1. The number of aliphatic hydroxyl groups is 5. The largest absolute Gasteiger partial charge is 0.397 e. The van der Waals surface area contributed by atoms with Crippen LogP contribution in [0.2, 0.25) is 0 Å². The Kier molecular flexibility index (Phi) is 37.0. The number of unbranched alkanes of at least 4 members (excludes halogenated alkanes) is 28. The second kappa shape index (κ2) is 39.0. The molecule has 0 aliphatic carbocycles. The molecule has 1 heterocycles. The van der Waals surface area contributed by atoms with Gasteiger partial charge in [0, 0.05) is 0 Å². The number of nitrogens with one attached hydrogen (secondary N) is 1. The minimum absolute atomic E-state index is 0.261. The first kappa shape index (κ1) is 58.8. The lowest BCUT2D eigenvalue weighted by Crippen LogP contribution is -2.61. The van der Waals surface area contributed by atoms with Gasteiger partial charge in [0.1, 0.15) is 30.5 Å². The summed E-state index contributed by atoms with van der Waals surface area (Å²) in [7, 11) is -5.10. The van der Waals surface area contributed by atoms with Gasteiger partial charge in [-0.2, -0.15) is 8.42 Å². The maximum absolute atomic E-state index is 13.0. The van der Waals surface area contributed by atoms with E-state index in [-0.39, 0.29) is 6.42 Å². The number of hydrogen-bond acceptors (Lipinski definition) is 11. The van der Waals surface area contributed by atoms with E-state index in [1.54, 1.807) is 0 Å². The number of aliphatic hydroxyl groups excluding tert-OH is 5. The highest BCUT2D eigenvalue weighted by molar-refractivity contribution is 7.80.